The Morgan fingerprint density at radius 1 is 1.53 bits per heavy atom. The molecule has 0 saturated carbocycles. The van der Waals surface area contributed by atoms with Crippen LogP contribution < -0.4 is 11.1 Å². The lowest BCUT2D eigenvalue weighted by molar-refractivity contribution is 0.0951. The van der Waals surface area contributed by atoms with Crippen LogP contribution in [-0.2, 0) is 6.54 Å². The number of carbonyl (C=O) groups is 1. The molecular weight excluding hydrogens is 282 g/mol. The van der Waals surface area contributed by atoms with Crippen molar-refractivity contribution in [2.45, 2.75) is 6.54 Å². The van der Waals surface area contributed by atoms with Gasteiger partial charge < -0.3 is 16.5 Å². The molecule has 0 saturated heterocycles. The quantitative estimate of drug-likeness (QED) is 0.598. The summed E-state index contributed by atoms with van der Waals surface area (Å²) in [5.74, 6) is -0.193. The lowest BCUT2D eigenvalue weighted by Crippen LogP contribution is -2.23. The molecule has 2 aromatic rings. The maximum absolute atomic E-state index is 11.9. The van der Waals surface area contributed by atoms with E-state index < -0.39 is 0 Å². The predicted octanol–water partition coefficient (Wildman–Crippen LogP) is 2.91. The van der Waals surface area contributed by atoms with E-state index in [1.165, 1.54) is 17.6 Å². The van der Waals surface area contributed by atoms with Gasteiger partial charge in [-0.05, 0) is 17.7 Å². The van der Waals surface area contributed by atoms with E-state index in [0.29, 0.717) is 27.7 Å². The SMILES string of the molecule is N=Cc1c(N)cccc1CNC(=O)c1csc(Cl)c1. The van der Waals surface area contributed by atoms with Crippen LogP contribution in [0.25, 0.3) is 0 Å². The highest BCUT2D eigenvalue weighted by Gasteiger charge is 2.09. The van der Waals surface area contributed by atoms with Crippen LogP contribution in [0.5, 0.6) is 0 Å². The molecule has 0 fully saturated rings. The second-order valence-corrected chi connectivity index (χ2v) is 5.43. The Morgan fingerprint density at radius 3 is 2.95 bits per heavy atom. The van der Waals surface area contributed by atoms with Crippen molar-refractivity contribution in [2.24, 2.45) is 0 Å². The minimum absolute atomic E-state index is 0.193. The highest BCUT2D eigenvalue weighted by molar-refractivity contribution is 7.14. The van der Waals surface area contributed by atoms with Crippen LogP contribution in [0.1, 0.15) is 21.5 Å². The lowest BCUT2D eigenvalue weighted by Gasteiger charge is -2.09. The van der Waals surface area contributed by atoms with Gasteiger partial charge >= 0.3 is 0 Å². The molecule has 0 atom stereocenters. The number of halogens is 1. The Balaban J connectivity index is 2.09. The summed E-state index contributed by atoms with van der Waals surface area (Å²) in [6, 6.07) is 6.98. The van der Waals surface area contributed by atoms with Crippen LogP contribution in [0.15, 0.2) is 29.6 Å². The summed E-state index contributed by atoms with van der Waals surface area (Å²) >= 11 is 7.10. The molecule has 0 aliphatic rings. The normalized spacial score (nSPS) is 10.2. The topological polar surface area (TPSA) is 79.0 Å². The zero-order valence-electron chi connectivity index (χ0n) is 9.94. The van der Waals surface area contributed by atoms with E-state index in [0.717, 1.165) is 5.56 Å². The molecular formula is C13H12ClN3OS. The number of hydrogen-bond acceptors (Lipinski definition) is 4. The first kappa shape index (κ1) is 13.6. The molecule has 1 aromatic carbocycles. The van der Waals surface area contributed by atoms with Gasteiger partial charge in [0.1, 0.15) is 0 Å². The van der Waals surface area contributed by atoms with Crippen LogP contribution in [0.3, 0.4) is 0 Å². The van der Waals surface area contributed by atoms with Crippen molar-refractivity contribution in [3.8, 4) is 0 Å². The average molecular weight is 294 g/mol. The number of nitrogens with two attached hydrogens (primary N) is 1. The molecule has 98 valence electrons. The molecule has 0 radical (unpaired) electrons. The zero-order chi connectivity index (χ0) is 13.8. The maximum atomic E-state index is 11.9. The van der Waals surface area contributed by atoms with Crippen molar-refractivity contribution in [2.75, 3.05) is 5.73 Å². The first-order valence-electron chi connectivity index (χ1n) is 5.52. The zero-order valence-corrected chi connectivity index (χ0v) is 11.5. The van der Waals surface area contributed by atoms with E-state index in [-0.39, 0.29) is 5.91 Å². The molecule has 19 heavy (non-hydrogen) atoms. The largest absolute Gasteiger partial charge is 0.398 e. The molecule has 0 spiro atoms. The maximum Gasteiger partial charge on any atom is 0.252 e. The molecule has 4 nitrogen and oxygen atoms in total. The summed E-state index contributed by atoms with van der Waals surface area (Å²) in [4.78, 5) is 11.9. The van der Waals surface area contributed by atoms with Gasteiger partial charge in [-0.25, -0.2) is 0 Å². The van der Waals surface area contributed by atoms with Gasteiger partial charge in [0.05, 0.1) is 9.90 Å². The summed E-state index contributed by atoms with van der Waals surface area (Å²) in [6.45, 7) is 0.321. The van der Waals surface area contributed by atoms with Crippen molar-refractivity contribution < 1.29 is 4.79 Å². The number of amides is 1. The van der Waals surface area contributed by atoms with Gasteiger partial charge in [-0.3, -0.25) is 4.79 Å². The number of nitrogens with one attached hydrogen (secondary N) is 2. The fourth-order valence-electron chi connectivity index (χ4n) is 1.67. The molecule has 0 aliphatic heterocycles. The van der Waals surface area contributed by atoms with Crippen molar-refractivity contribution >= 4 is 40.7 Å². The molecule has 2 rings (SSSR count). The van der Waals surface area contributed by atoms with Gasteiger partial charge in [0.2, 0.25) is 0 Å². The number of nitrogen functional groups attached to an aromatic ring is 1. The van der Waals surface area contributed by atoms with Crippen LogP contribution in [0.2, 0.25) is 4.34 Å². The number of rotatable bonds is 4. The van der Waals surface area contributed by atoms with E-state index in [4.69, 9.17) is 22.7 Å². The van der Waals surface area contributed by atoms with E-state index in [1.54, 1.807) is 23.6 Å². The van der Waals surface area contributed by atoms with Gasteiger partial charge in [0, 0.05) is 29.4 Å². The third-order valence-electron chi connectivity index (χ3n) is 2.64. The molecule has 0 aliphatic carbocycles. The number of carbonyl (C=O) groups excluding carboxylic acids is 1. The summed E-state index contributed by atoms with van der Waals surface area (Å²) < 4.78 is 0.578. The van der Waals surface area contributed by atoms with Gasteiger partial charge in [0.25, 0.3) is 5.91 Å². The van der Waals surface area contributed by atoms with Crippen molar-refractivity contribution in [3.63, 3.8) is 0 Å². The summed E-state index contributed by atoms with van der Waals surface area (Å²) in [7, 11) is 0. The molecule has 1 heterocycles. The standard InChI is InChI=1S/C13H12ClN3OS/c14-12-4-9(7-19-12)13(18)17-6-8-2-1-3-11(16)10(8)5-15/h1-5,7,15H,6,16H2,(H,17,18). The Morgan fingerprint density at radius 2 is 2.32 bits per heavy atom. The van der Waals surface area contributed by atoms with E-state index in [1.807, 2.05) is 6.07 Å². The Kier molecular flexibility index (Phi) is 4.19. The monoisotopic (exact) mass is 293 g/mol. The molecule has 1 amide bonds. The van der Waals surface area contributed by atoms with E-state index >= 15 is 0 Å². The number of anilines is 1. The lowest BCUT2D eigenvalue weighted by atomic mass is 10.1. The first-order chi connectivity index (χ1) is 9.11. The minimum atomic E-state index is -0.193. The highest BCUT2D eigenvalue weighted by Crippen LogP contribution is 2.20. The Hall–Kier alpha value is -1.85. The third-order valence-corrected chi connectivity index (χ3v) is 3.73. The van der Waals surface area contributed by atoms with Gasteiger partial charge in [-0.2, -0.15) is 0 Å². The third kappa shape index (κ3) is 3.13. The van der Waals surface area contributed by atoms with Crippen LogP contribution in [0.4, 0.5) is 5.69 Å². The Labute approximate surface area is 119 Å². The predicted molar refractivity (Wildman–Crippen MR) is 79.2 cm³/mol. The van der Waals surface area contributed by atoms with Crippen molar-refractivity contribution in [1.29, 1.82) is 5.41 Å². The van der Waals surface area contributed by atoms with Crippen LogP contribution in [-0.4, -0.2) is 12.1 Å². The minimum Gasteiger partial charge on any atom is -0.398 e. The van der Waals surface area contributed by atoms with E-state index in [9.17, 15) is 4.79 Å². The summed E-state index contributed by atoms with van der Waals surface area (Å²) in [6.07, 6.45) is 1.19. The van der Waals surface area contributed by atoms with Crippen molar-refractivity contribution in [1.82, 2.24) is 5.32 Å². The molecule has 0 bridgehead atoms. The summed E-state index contributed by atoms with van der Waals surface area (Å²) in [5, 5.41) is 11.8. The average Bonchev–Trinajstić information content (AvgIpc) is 2.83. The number of benzene rings is 1. The highest BCUT2D eigenvalue weighted by atomic mass is 35.5. The second kappa shape index (κ2) is 5.86. The van der Waals surface area contributed by atoms with Crippen LogP contribution in [0, 0.1) is 5.41 Å². The van der Waals surface area contributed by atoms with Gasteiger partial charge in [0.15, 0.2) is 0 Å². The molecule has 1 aromatic heterocycles. The number of thiophene rings is 1. The first-order valence-corrected chi connectivity index (χ1v) is 6.77. The van der Waals surface area contributed by atoms with Gasteiger partial charge in [-0.1, -0.05) is 23.7 Å². The smallest absolute Gasteiger partial charge is 0.252 e. The Bertz CT molecular complexity index is 624. The molecule has 0 unspecified atom stereocenters. The fraction of sp³-hybridized carbons (Fsp3) is 0.0769. The number of hydrogen-bond donors (Lipinski definition) is 3. The van der Waals surface area contributed by atoms with Gasteiger partial charge in [-0.15, -0.1) is 11.3 Å². The summed E-state index contributed by atoms with van der Waals surface area (Å²) in [5.41, 5.74) is 8.28. The van der Waals surface area contributed by atoms with Crippen LogP contribution >= 0.6 is 22.9 Å². The molecule has 4 N–H and O–H groups in total. The van der Waals surface area contributed by atoms with E-state index in [2.05, 4.69) is 5.32 Å². The fourth-order valence-corrected chi connectivity index (χ4v) is 2.53. The van der Waals surface area contributed by atoms with Crippen molar-refractivity contribution in [3.05, 3.63) is 50.7 Å². The second-order valence-electron chi connectivity index (χ2n) is 3.89. The molecule has 6 heteroatoms.